The van der Waals surface area contributed by atoms with Crippen LogP contribution < -0.4 is 26.8 Å². The van der Waals surface area contributed by atoms with Crippen LogP contribution in [-0.4, -0.2) is 52.6 Å². The number of anilines is 3. The predicted molar refractivity (Wildman–Crippen MR) is 144 cm³/mol. The van der Waals surface area contributed by atoms with Gasteiger partial charge >= 0.3 is 11.7 Å². The molecule has 3 N–H and O–H groups in total. The number of nitro benzene ring substituents is 1. The average Bonchev–Trinajstić information content (AvgIpc) is 3.47. The lowest BCUT2D eigenvalue weighted by Gasteiger charge is -2.23. The zero-order valence-corrected chi connectivity index (χ0v) is 21.3. The number of rotatable bonds is 9. The van der Waals surface area contributed by atoms with Crippen LogP contribution in [0.1, 0.15) is 35.7 Å². The van der Waals surface area contributed by atoms with Crippen molar-refractivity contribution in [2.45, 2.75) is 26.3 Å². The average molecular weight is 537 g/mol. The Morgan fingerprint density at radius 3 is 2.46 bits per heavy atom. The second kappa shape index (κ2) is 11.6. The van der Waals surface area contributed by atoms with Crippen molar-refractivity contribution in [2.75, 3.05) is 41.8 Å². The topological polar surface area (TPSA) is 174 Å². The molecule has 0 radical (unpaired) electrons. The molecule has 1 aliphatic rings. The van der Waals surface area contributed by atoms with Crippen LogP contribution in [0.25, 0.3) is 0 Å². The lowest BCUT2D eigenvalue weighted by molar-refractivity contribution is -0.384. The number of nitrogens with one attached hydrogen (secondary N) is 1. The van der Waals surface area contributed by atoms with Gasteiger partial charge in [-0.05, 0) is 31.4 Å². The van der Waals surface area contributed by atoms with Gasteiger partial charge in [0.1, 0.15) is 5.82 Å². The molecule has 0 bridgehead atoms. The van der Waals surface area contributed by atoms with E-state index in [9.17, 15) is 29.3 Å². The maximum atomic E-state index is 13.1. The number of H-pyrrole nitrogens is 1. The minimum atomic E-state index is -0.916. The van der Waals surface area contributed by atoms with Gasteiger partial charge in [-0.15, -0.1) is 0 Å². The number of esters is 1. The van der Waals surface area contributed by atoms with Gasteiger partial charge in [-0.1, -0.05) is 30.3 Å². The number of nitrogens with two attached hydrogens (primary N) is 1. The number of ether oxygens (including phenoxy) is 1. The summed E-state index contributed by atoms with van der Waals surface area (Å²) in [6, 6.07) is 12.9. The molecule has 1 aromatic heterocycles. The molecule has 1 fully saturated rings. The number of aromatic amines is 1. The first-order valence-corrected chi connectivity index (χ1v) is 12.4. The number of amides is 1. The van der Waals surface area contributed by atoms with E-state index in [1.54, 1.807) is 31.2 Å². The van der Waals surface area contributed by atoms with Crippen molar-refractivity contribution >= 4 is 34.8 Å². The highest BCUT2D eigenvalue weighted by atomic mass is 16.6. The molecule has 4 rings (SSSR count). The number of aromatic nitrogens is 2. The monoisotopic (exact) mass is 536 g/mol. The molecule has 3 aromatic rings. The lowest BCUT2D eigenvalue weighted by Crippen LogP contribution is -2.42. The predicted octanol–water partition coefficient (Wildman–Crippen LogP) is 1.89. The molecule has 0 aliphatic carbocycles. The summed E-state index contributed by atoms with van der Waals surface area (Å²) < 4.78 is 6.40. The third-order valence-electron chi connectivity index (χ3n) is 6.47. The normalized spacial score (nSPS) is 12.8. The largest absolute Gasteiger partial charge is 0.452 e. The van der Waals surface area contributed by atoms with E-state index in [0.717, 1.165) is 33.9 Å². The number of hydrogen-bond acceptors (Lipinski definition) is 9. The minimum absolute atomic E-state index is 0.0109. The van der Waals surface area contributed by atoms with Crippen molar-refractivity contribution in [1.82, 2.24) is 9.55 Å². The standard InChI is InChI=1S/C26H28N6O7/c1-2-30(22-23(27)31(26(36)28-24(22)34)15-17-8-4-3-5-9-17)21(33)16-39-25(35)19-14-18(32(37)38)10-11-20(19)29-12-6-7-13-29/h3-5,8-11,14H,2,6-7,12-13,15-16,27H2,1H3,(H,28,34,36). The van der Waals surface area contributed by atoms with Crippen molar-refractivity contribution < 1.29 is 19.2 Å². The fourth-order valence-corrected chi connectivity index (χ4v) is 4.54. The number of carbonyl (C=O) groups excluding carboxylic acids is 2. The fourth-order valence-electron chi connectivity index (χ4n) is 4.54. The maximum Gasteiger partial charge on any atom is 0.341 e. The van der Waals surface area contributed by atoms with Gasteiger partial charge in [-0.25, -0.2) is 9.59 Å². The van der Waals surface area contributed by atoms with Gasteiger partial charge in [0.15, 0.2) is 12.3 Å². The van der Waals surface area contributed by atoms with Crippen molar-refractivity contribution in [3.63, 3.8) is 0 Å². The Morgan fingerprint density at radius 2 is 1.82 bits per heavy atom. The van der Waals surface area contributed by atoms with Crippen molar-refractivity contribution in [2.24, 2.45) is 0 Å². The first-order chi connectivity index (χ1) is 18.7. The smallest absolute Gasteiger partial charge is 0.341 e. The van der Waals surface area contributed by atoms with E-state index < -0.39 is 34.7 Å². The van der Waals surface area contributed by atoms with Crippen molar-refractivity contribution in [3.8, 4) is 0 Å². The van der Waals surface area contributed by atoms with Crippen molar-refractivity contribution in [1.29, 1.82) is 0 Å². The molecule has 13 nitrogen and oxygen atoms in total. The number of hydrogen-bond donors (Lipinski definition) is 2. The maximum absolute atomic E-state index is 13.1. The third-order valence-corrected chi connectivity index (χ3v) is 6.47. The molecule has 1 aliphatic heterocycles. The highest BCUT2D eigenvalue weighted by molar-refractivity contribution is 6.00. The second-order valence-corrected chi connectivity index (χ2v) is 8.93. The molecule has 1 saturated heterocycles. The number of benzene rings is 2. The Labute approximate surface area is 222 Å². The molecule has 0 atom stereocenters. The Morgan fingerprint density at radius 1 is 1.13 bits per heavy atom. The summed E-state index contributed by atoms with van der Waals surface area (Å²) in [4.78, 5) is 67.1. The van der Waals surface area contributed by atoms with Crippen LogP contribution in [0.4, 0.5) is 22.9 Å². The fraction of sp³-hybridized carbons (Fsp3) is 0.308. The van der Waals surface area contributed by atoms with Gasteiger partial charge in [0.05, 0.1) is 22.7 Å². The van der Waals surface area contributed by atoms with Gasteiger partial charge in [-0.3, -0.25) is 29.3 Å². The van der Waals surface area contributed by atoms with E-state index in [2.05, 4.69) is 4.98 Å². The SMILES string of the molecule is CCN(C(=O)COC(=O)c1cc([N+](=O)[O-])ccc1N1CCCC1)c1c(N)n(Cc2ccccc2)c(=O)[nH]c1=O. The molecule has 2 heterocycles. The zero-order chi connectivity index (χ0) is 28.1. The summed E-state index contributed by atoms with van der Waals surface area (Å²) in [6.45, 7) is 2.25. The number of nitrogens with zero attached hydrogens (tertiary/aromatic N) is 4. The van der Waals surface area contributed by atoms with Crippen LogP contribution in [0.5, 0.6) is 0 Å². The third kappa shape index (κ3) is 5.81. The van der Waals surface area contributed by atoms with E-state index in [4.69, 9.17) is 10.5 Å². The molecule has 0 saturated carbocycles. The van der Waals surface area contributed by atoms with Crippen LogP contribution in [0.2, 0.25) is 0 Å². The Balaban J connectivity index is 1.58. The lowest BCUT2D eigenvalue weighted by atomic mass is 10.1. The summed E-state index contributed by atoms with van der Waals surface area (Å²) in [5.41, 5.74) is 5.27. The number of likely N-dealkylation sites (N-methyl/N-ethyl adjacent to an activating group) is 1. The number of nitrogen functional groups attached to an aromatic ring is 1. The van der Waals surface area contributed by atoms with Crippen molar-refractivity contribution in [3.05, 3.63) is 90.6 Å². The van der Waals surface area contributed by atoms with Crippen LogP contribution in [0.15, 0.2) is 58.1 Å². The van der Waals surface area contributed by atoms with Gasteiger partial charge in [0, 0.05) is 31.8 Å². The first kappa shape index (κ1) is 27.1. The molecule has 0 spiro atoms. The molecule has 39 heavy (non-hydrogen) atoms. The van der Waals surface area contributed by atoms with Gasteiger partial charge in [0.25, 0.3) is 17.2 Å². The van der Waals surface area contributed by atoms with Crippen LogP contribution >= 0.6 is 0 Å². The van der Waals surface area contributed by atoms with Gasteiger partial charge in [-0.2, -0.15) is 0 Å². The minimum Gasteiger partial charge on any atom is -0.452 e. The number of carbonyl (C=O) groups is 2. The van der Waals surface area contributed by atoms with E-state index in [0.29, 0.717) is 18.8 Å². The highest BCUT2D eigenvalue weighted by Crippen LogP contribution is 2.29. The first-order valence-electron chi connectivity index (χ1n) is 12.4. The van der Waals surface area contributed by atoms with E-state index in [1.807, 2.05) is 11.0 Å². The molecular weight excluding hydrogens is 508 g/mol. The van der Waals surface area contributed by atoms with E-state index in [-0.39, 0.29) is 35.8 Å². The zero-order valence-electron chi connectivity index (χ0n) is 21.3. The molecule has 0 unspecified atom stereocenters. The van der Waals surface area contributed by atoms with Crippen LogP contribution in [0, 0.1) is 10.1 Å². The molecule has 1 amide bonds. The molecule has 204 valence electrons. The summed E-state index contributed by atoms with van der Waals surface area (Å²) >= 11 is 0. The van der Waals surface area contributed by atoms with E-state index >= 15 is 0 Å². The van der Waals surface area contributed by atoms with Gasteiger partial charge in [0.2, 0.25) is 0 Å². The summed E-state index contributed by atoms with van der Waals surface area (Å²) in [6.07, 6.45) is 1.83. The van der Waals surface area contributed by atoms with Crippen LogP contribution in [-0.2, 0) is 16.1 Å². The summed E-state index contributed by atoms with van der Waals surface area (Å²) in [7, 11) is 0. The molecular formula is C26H28N6O7. The Hall–Kier alpha value is -4.94. The Bertz CT molecular complexity index is 1510. The summed E-state index contributed by atoms with van der Waals surface area (Å²) in [5.74, 6) is -1.90. The quantitative estimate of drug-likeness (QED) is 0.235. The Kier molecular flexibility index (Phi) is 8.08. The van der Waals surface area contributed by atoms with Crippen LogP contribution in [0.3, 0.4) is 0 Å². The summed E-state index contributed by atoms with van der Waals surface area (Å²) in [5, 5.41) is 11.3. The second-order valence-electron chi connectivity index (χ2n) is 8.93. The van der Waals surface area contributed by atoms with E-state index in [1.165, 1.54) is 12.1 Å². The van der Waals surface area contributed by atoms with Gasteiger partial charge < -0.3 is 20.3 Å². The number of non-ortho nitro benzene ring substituents is 1. The molecule has 2 aromatic carbocycles. The number of nitro groups is 1. The highest BCUT2D eigenvalue weighted by Gasteiger charge is 2.27. The molecule has 13 heteroatoms.